The first kappa shape index (κ1) is 96.0. The van der Waals surface area contributed by atoms with Gasteiger partial charge < -0.3 is 87.1 Å². The molecule has 43 nitrogen and oxygen atoms in total. The van der Waals surface area contributed by atoms with Gasteiger partial charge in [-0.1, -0.05) is 30.3 Å². The molecule has 8 saturated heterocycles. The molecule has 0 bridgehead atoms. The molecule has 46 heteroatoms. The number of benzene rings is 1. The second kappa shape index (κ2) is 43.1. The third-order valence-corrected chi connectivity index (χ3v) is 29.2. The monoisotopic (exact) mass is 1870 g/mol. The fourth-order valence-electron chi connectivity index (χ4n) is 15.7. The number of nitrogens with two attached hydrogens (primary N) is 2. The molecule has 0 unspecified atom stereocenters. The van der Waals surface area contributed by atoms with E-state index in [1.165, 1.54) is 12.9 Å². The number of carbonyl (C=O) groups is 5. The number of ether oxygens (including phenoxy) is 9. The lowest BCUT2D eigenvalue weighted by Crippen LogP contribution is -2.53. The van der Waals surface area contributed by atoms with Crippen LogP contribution in [0.25, 0.3) is 0 Å². The Bertz CT molecular complexity index is 4740. The summed E-state index contributed by atoms with van der Waals surface area (Å²) in [5.74, 6) is 6.22. The number of piperidine rings is 4. The largest absolute Gasteiger partial charge is 0.476 e. The van der Waals surface area contributed by atoms with Crippen LogP contribution in [-0.4, -0.2) is 334 Å². The van der Waals surface area contributed by atoms with E-state index in [-0.39, 0.29) is 66.5 Å². The molecular formula is C84H125N23O20S3. The summed E-state index contributed by atoms with van der Waals surface area (Å²) >= 11 is 0. The minimum atomic E-state index is -4.03. The maximum atomic E-state index is 12.6. The molecule has 4 saturated carbocycles. The first-order chi connectivity index (χ1) is 62.2. The van der Waals surface area contributed by atoms with E-state index in [2.05, 4.69) is 50.1 Å². The van der Waals surface area contributed by atoms with Crippen molar-refractivity contribution in [2.24, 2.45) is 33.9 Å². The number of rotatable bonds is 26. The summed E-state index contributed by atoms with van der Waals surface area (Å²) in [5, 5.41) is 13.7. The summed E-state index contributed by atoms with van der Waals surface area (Å²) in [7, 11) is -11.3. The van der Waals surface area contributed by atoms with E-state index >= 15 is 0 Å². The van der Waals surface area contributed by atoms with Crippen molar-refractivity contribution in [2.45, 2.75) is 159 Å². The SMILES string of the molecule is CC1(OC(=O)N2CCC(COc3cnc(N4CCN(S(=O)(=O)NC(=O)OCc5ccccc5)CC4)cn3)CC2)CC1.CC1(OC(=O)N2CCC(COc3cnc(N4CCN(S(N)(=O)=O)CC4)cn3)CC2)CC1.CC1(OC(=O)N2CCC(COc3cnc(N4CCN(S(N)(=O)=O)CC4)cn3)CC2)CC1.CC1(OC(=O)N2CCC(COc3cnc(N4CCNCC4)cn3)CC2)CC1. The summed E-state index contributed by atoms with van der Waals surface area (Å²) in [5.41, 5.74) is -0.182. The summed E-state index contributed by atoms with van der Waals surface area (Å²) in [6.07, 6.45) is 26.0. The standard InChI is InChI=1S/C27H36N6O7S.2C19H30N6O5S.C19H29N5O3/c1-27(9-10-27)40-26(35)32-11-7-22(8-12-32)19-38-24-18-28-23(17-29-24)31-13-15-33(16-14-31)41(36,37)30-25(34)39-20-21-5-3-2-4-6-21;2*1-19(4-5-19)30-18(26)24-6-2-15(3-7-24)14-29-17-13-21-16(12-22-17)23-8-10-25(11-9-23)31(20,27)28;1-19(4-5-19)27-18(25)24-8-2-15(3-9-24)14-26-17-13-21-16(12-22-17)23-10-6-20-7-11-23/h2-6,17-18,22H,7-16,19-20H2,1H3,(H,30,34);2*12-13,15H,2-11,14H2,1H3,(H2,20,27,28);12-13,15,20H,2-11,14H2,1H3. The molecule has 5 amide bonds. The fraction of sp³-hybridized carbons (Fsp3) is 0.679. The van der Waals surface area contributed by atoms with E-state index in [1.807, 2.05) is 58.1 Å². The highest BCUT2D eigenvalue weighted by Crippen LogP contribution is 2.43. The lowest BCUT2D eigenvalue weighted by atomic mass is 9.98. The number of hydrogen-bond donors (Lipinski definition) is 4. The zero-order chi connectivity index (χ0) is 91.7. The minimum Gasteiger partial charge on any atom is -0.476 e. The Kier molecular flexibility index (Phi) is 31.8. The van der Waals surface area contributed by atoms with Gasteiger partial charge in [0.15, 0.2) is 0 Å². The maximum Gasteiger partial charge on any atom is 0.422 e. The average molecular weight is 1870 g/mol. The smallest absolute Gasteiger partial charge is 0.422 e. The lowest BCUT2D eigenvalue weighted by Gasteiger charge is -2.34. The van der Waals surface area contributed by atoms with E-state index in [0.717, 1.165) is 153 Å². The van der Waals surface area contributed by atoms with Crippen LogP contribution in [0.2, 0.25) is 0 Å². The van der Waals surface area contributed by atoms with Crippen molar-refractivity contribution < 1.29 is 91.9 Å². The van der Waals surface area contributed by atoms with Gasteiger partial charge in [-0.2, -0.15) is 38.2 Å². The van der Waals surface area contributed by atoms with Crippen molar-refractivity contribution >= 4 is 84.4 Å². The molecule has 0 atom stereocenters. The highest BCUT2D eigenvalue weighted by atomic mass is 32.2. The number of likely N-dealkylation sites (tertiary alicyclic amines) is 4. The van der Waals surface area contributed by atoms with Gasteiger partial charge in [0.1, 0.15) is 52.3 Å². The molecule has 17 rings (SSSR count). The van der Waals surface area contributed by atoms with Crippen LogP contribution in [-0.2, 0) is 60.9 Å². The van der Waals surface area contributed by atoms with Crippen molar-refractivity contribution in [3.05, 3.63) is 85.5 Å². The quantitative estimate of drug-likeness (QED) is 0.0505. The number of amides is 5. The van der Waals surface area contributed by atoms with Crippen LogP contribution in [0.5, 0.6) is 23.5 Å². The lowest BCUT2D eigenvalue weighted by molar-refractivity contribution is 0.0446. The Morgan fingerprint density at radius 2 is 0.623 bits per heavy atom. The Labute approximate surface area is 760 Å². The molecule has 4 aromatic heterocycles. The molecule has 0 spiro atoms. The first-order valence-corrected chi connectivity index (χ1v) is 49.6. The molecule has 0 radical (unpaired) electrons. The predicted octanol–water partition coefficient (Wildman–Crippen LogP) is 5.38. The third-order valence-electron chi connectivity index (χ3n) is 25.6. The van der Waals surface area contributed by atoms with E-state index in [1.54, 1.807) is 88.5 Å². The van der Waals surface area contributed by atoms with E-state index < -0.39 is 36.7 Å². The van der Waals surface area contributed by atoms with Crippen LogP contribution in [0.1, 0.15) is 136 Å². The average Bonchev–Trinajstić information content (AvgIpc) is 1.58. The van der Waals surface area contributed by atoms with Gasteiger partial charge in [0, 0.05) is 157 Å². The zero-order valence-electron chi connectivity index (χ0n) is 74.7. The number of hydrogen-bond acceptors (Lipinski definition) is 33. The van der Waals surface area contributed by atoms with E-state index in [0.29, 0.717) is 196 Å². The Hall–Kier alpha value is -10.1. The van der Waals surface area contributed by atoms with Crippen molar-refractivity contribution in [3.8, 4) is 23.5 Å². The molecule has 4 aliphatic carbocycles. The van der Waals surface area contributed by atoms with Gasteiger partial charge in [0.25, 0.3) is 20.4 Å². The summed E-state index contributed by atoms with van der Waals surface area (Å²) < 4.78 is 127. The highest BCUT2D eigenvalue weighted by molar-refractivity contribution is 7.87. The fourth-order valence-corrected chi connectivity index (χ4v) is 18.0. The van der Waals surface area contributed by atoms with Crippen molar-refractivity contribution in [1.82, 2.24) is 82.4 Å². The number of anilines is 4. The van der Waals surface area contributed by atoms with Gasteiger partial charge in [-0.05, 0) is 160 Å². The van der Waals surface area contributed by atoms with Crippen LogP contribution in [0.4, 0.5) is 47.2 Å². The summed E-state index contributed by atoms with van der Waals surface area (Å²) in [4.78, 5) is 111. The second-order valence-electron chi connectivity index (χ2n) is 36.2. The van der Waals surface area contributed by atoms with Gasteiger partial charge in [-0.15, -0.1) is 0 Å². The zero-order valence-corrected chi connectivity index (χ0v) is 77.1. The first-order valence-electron chi connectivity index (χ1n) is 45.2. The molecular weight excluding hydrogens is 1750 g/mol. The molecule has 6 N–H and O–H groups in total. The maximum absolute atomic E-state index is 12.6. The topological polar surface area (TPSA) is 486 Å². The van der Waals surface area contributed by atoms with Crippen LogP contribution in [0.15, 0.2) is 79.9 Å². The normalized spacial score (nSPS) is 21.4. The third kappa shape index (κ3) is 29.0. The van der Waals surface area contributed by atoms with Gasteiger partial charge in [-0.3, -0.25) is 0 Å². The van der Waals surface area contributed by atoms with Crippen LogP contribution in [0.3, 0.4) is 0 Å². The Balaban J connectivity index is 0.000000141. The van der Waals surface area contributed by atoms with Crippen LogP contribution in [0, 0.1) is 23.7 Å². The number of nitrogens with one attached hydrogen (secondary N) is 2. The number of nitrogens with zero attached hydrogens (tertiary/aromatic N) is 19. The van der Waals surface area contributed by atoms with E-state index in [4.69, 9.17) is 52.9 Å². The molecule has 8 aliphatic heterocycles. The molecule has 1 aromatic carbocycles. The predicted molar refractivity (Wildman–Crippen MR) is 475 cm³/mol. The van der Waals surface area contributed by atoms with Gasteiger partial charge >= 0.3 is 40.7 Å². The highest BCUT2D eigenvalue weighted by Gasteiger charge is 2.47. The van der Waals surface area contributed by atoms with Crippen molar-refractivity contribution in [2.75, 3.05) is 203 Å². The molecule has 12 fully saturated rings. The van der Waals surface area contributed by atoms with Gasteiger partial charge in [-0.25, -0.2) is 78.8 Å². The second-order valence-corrected chi connectivity index (χ2v) is 41.0. The summed E-state index contributed by atoms with van der Waals surface area (Å²) in [6, 6.07) is 9.01. The summed E-state index contributed by atoms with van der Waals surface area (Å²) in [6.45, 7) is 23.8. The number of aromatic nitrogens is 8. The van der Waals surface area contributed by atoms with Crippen molar-refractivity contribution in [1.29, 1.82) is 0 Å². The van der Waals surface area contributed by atoms with Crippen molar-refractivity contribution in [3.63, 3.8) is 0 Å². The van der Waals surface area contributed by atoms with Gasteiger partial charge in [0.2, 0.25) is 23.5 Å². The number of carbonyl (C=O) groups excluding carboxylic acids is 5. The van der Waals surface area contributed by atoms with Gasteiger partial charge in [0.05, 0.1) is 76.0 Å². The Morgan fingerprint density at radius 1 is 0.362 bits per heavy atom. The number of piperazine rings is 4. The molecule has 12 heterocycles. The van der Waals surface area contributed by atoms with Crippen LogP contribution < -0.4 is 58.9 Å². The minimum absolute atomic E-state index is 0.0242. The molecule has 12 aliphatic rings. The van der Waals surface area contributed by atoms with E-state index in [9.17, 15) is 49.2 Å². The van der Waals surface area contributed by atoms with Crippen LogP contribution >= 0.6 is 0 Å². The Morgan fingerprint density at radius 3 is 0.869 bits per heavy atom. The molecule has 130 heavy (non-hydrogen) atoms. The molecule has 5 aromatic rings. The molecule has 714 valence electrons.